The molecule has 0 saturated carbocycles. The predicted octanol–water partition coefficient (Wildman–Crippen LogP) is 2.78. The number of nitrogens with one attached hydrogen (secondary N) is 1. The highest BCUT2D eigenvalue weighted by atomic mass is 16.5. The molecule has 8 heteroatoms. The lowest BCUT2D eigenvalue weighted by Crippen LogP contribution is -2.25. The first-order valence-electron chi connectivity index (χ1n) is 9.44. The zero-order valence-corrected chi connectivity index (χ0v) is 16.7. The van der Waals surface area contributed by atoms with Gasteiger partial charge in [-0.3, -0.25) is 9.78 Å². The number of pyridine rings is 1. The Hall–Kier alpha value is -3.94. The lowest BCUT2D eigenvalue weighted by Gasteiger charge is -2.10. The standard InChI is InChI=1S/C22H21N5O3/c1-29-19-7-6-15(13-20(19)30-2)18-9-12-24-21-17(14-26-27(18)21)22(28)25-11-8-16-5-3-4-10-23-16/h3-7,9-10,12-14H,8,11H2,1-2H3,(H,25,28). The summed E-state index contributed by atoms with van der Waals surface area (Å²) in [4.78, 5) is 21.3. The fourth-order valence-corrected chi connectivity index (χ4v) is 3.21. The molecule has 1 amide bonds. The molecule has 0 fully saturated rings. The van der Waals surface area contributed by atoms with Crippen molar-refractivity contribution in [3.05, 3.63) is 72.3 Å². The summed E-state index contributed by atoms with van der Waals surface area (Å²) in [6.07, 6.45) is 5.58. The van der Waals surface area contributed by atoms with Crippen LogP contribution < -0.4 is 14.8 Å². The number of nitrogens with zero attached hydrogens (tertiary/aromatic N) is 4. The average molecular weight is 403 g/mol. The molecule has 4 rings (SSSR count). The Kier molecular flexibility index (Phi) is 5.56. The third-order valence-electron chi connectivity index (χ3n) is 4.72. The number of carbonyl (C=O) groups is 1. The van der Waals surface area contributed by atoms with Gasteiger partial charge in [0, 0.05) is 36.6 Å². The monoisotopic (exact) mass is 403 g/mol. The Morgan fingerprint density at radius 2 is 1.90 bits per heavy atom. The second-order valence-electron chi connectivity index (χ2n) is 6.52. The van der Waals surface area contributed by atoms with Crippen LogP contribution >= 0.6 is 0 Å². The Morgan fingerprint density at radius 3 is 2.67 bits per heavy atom. The van der Waals surface area contributed by atoms with Gasteiger partial charge in [0.15, 0.2) is 17.1 Å². The van der Waals surface area contributed by atoms with Crippen molar-refractivity contribution < 1.29 is 14.3 Å². The van der Waals surface area contributed by atoms with Crippen molar-refractivity contribution in [2.45, 2.75) is 6.42 Å². The number of fused-ring (bicyclic) bond motifs is 1. The van der Waals surface area contributed by atoms with E-state index in [0.717, 1.165) is 17.0 Å². The van der Waals surface area contributed by atoms with Gasteiger partial charge < -0.3 is 14.8 Å². The van der Waals surface area contributed by atoms with Gasteiger partial charge in [-0.2, -0.15) is 5.10 Å². The lowest BCUT2D eigenvalue weighted by atomic mass is 10.1. The quantitative estimate of drug-likeness (QED) is 0.510. The van der Waals surface area contributed by atoms with Gasteiger partial charge >= 0.3 is 0 Å². The molecule has 1 N–H and O–H groups in total. The Bertz CT molecular complexity index is 1170. The summed E-state index contributed by atoms with van der Waals surface area (Å²) in [5, 5.41) is 7.30. The summed E-state index contributed by atoms with van der Waals surface area (Å²) < 4.78 is 12.3. The zero-order chi connectivity index (χ0) is 20.9. The summed E-state index contributed by atoms with van der Waals surface area (Å²) in [6, 6.07) is 13.2. The minimum Gasteiger partial charge on any atom is -0.493 e. The average Bonchev–Trinajstić information content (AvgIpc) is 3.23. The van der Waals surface area contributed by atoms with Crippen LogP contribution in [-0.4, -0.2) is 46.3 Å². The minimum absolute atomic E-state index is 0.224. The summed E-state index contributed by atoms with van der Waals surface area (Å²) in [5.74, 6) is 1.03. The highest BCUT2D eigenvalue weighted by molar-refractivity contribution is 5.99. The Balaban J connectivity index is 1.58. The lowest BCUT2D eigenvalue weighted by molar-refractivity contribution is 0.0955. The maximum Gasteiger partial charge on any atom is 0.256 e. The summed E-state index contributed by atoms with van der Waals surface area (Å²) in [7, 11) is 3.18. The van der Waals surface area contributed by atoms with E-state index in [-0.39, 0.29) is 5.91 Å². The molecule has 4 aromatic rings. The van der Waals surface area contributed by atoms with Gasteiger partial charge in [0.05, 0.1) is 26.1 Å². The van der Waals surface area contributed by atoms with Gasteiger partial charge in [0.25, 0.3) is 5.91 Å². The van der Waals surface area contributed by atoms with E-state index in [9.17, 15) is 4.79 Å². The molecule has 8 nitrogen and oxygen atoms in total. The fourth-order valence-electron chi connectivity index (χ4n) is 3.21. The van der Waals surface area contributed by atoms with Crippen LogP contribution in [0.25, 0.3) is 16.9 Å². The van der Waals surface area contributed by atoms with E-state index in [1.54, 1.807) is 31.1 Å². The molecule has 3 aromatic heterocycles. The topological polar surface area (TPSA) is 90.6 Å². The van der Waals surface area contributed by atoms with Crippen molar-refractivity contribution in [1.82, 2.24) is 24.9 Å². The van der Waals surface area contributed by atoms with Crippen LogP contribution in [0.5, 0.6) is 11.5 Å². The Morgan fingerprint density at radius 1 is 1.03 bits per heavy atom. The first-order valence-corrected chi connectivity index (χ1v) is 9.44. The van der Waals surface area contributed by atoms with Gasteiger partial charge in [-0.05, 0) is 36.4 Å². The largest absolute Gasteiger partial charge is 0.493 e. The number of carbonyl (C=O) groups excluding carboxylic acids is 1. The predicted molar refractivity (Wildman–Crippen MR) is 112 cm³/mol. The van der Waals surface area contributed by atoms with Gasteiger partial charge in [-0.25, -0.2) is 9.50 Å². The van der Waals surface area contributed by atoms with E-state index in [1.807, 2.05) is 42.5 Å². The number of ether oxygens (including phenoxy) is 2. The number of rotatable bonds is 7. The van der Waals surface area contributed by atoms with Gasteiger partial charge in [0.2, 0.25) is 0 Å². The second-order valence-corrected chi connectivity index (χ2v) is 6.52. The van der Waals surface area contributed by atoms with Crippen LogP contribution in [0.1, 0.15) is 16.1 Å². The van der Waals surface area contributed by atoms with Crippen molar-refractivity contribution in [2.24, 2.45) is 0 Å². The van der Waals surface area contributed by atoms with E-state index in [4.69, 9.17) is 9.47 Å². The number of hydrogen-bond acceptors (Lipinski definition) is 6. The van der Waals surface area contributed by atoms with Crippen LogP contribution in [0.2, 0.25) is 0 Å². The van der Waals surface area contributed by atoms with Crippen molar-refractivity contribution in [1.29, 1.82) is 0 Å². The summed E-state index contributed by atoms with van der Waals surface area (Å²) in [6.45, 7) is 0.475. The molecule has 0 aliphatic carbocycles. The Labute approximate surface area is 173 Å². The zero-order valence-electron chi connectivity index (χ0n) is 16.7. The van der Waals surface area contributed by atoms with E-state index < -0.39 is 0 Å². The van der Waals surface area contributed by atoms with Gasteiger partial charge in [-0.1, -0.05) is 6.07 Å². The molecule has 0 aliphatic rings. The molecule has 3 heterocycles. The molecule has 0 atom stereocenters. The molecular formula is C22H21N5O3. The molecule has 1 aromatic carbocycles. The molecule has 30 heavy (non-hydrogen) atoms. The van der Waals surface area contributed by atoms with Gasteiger partial charge in [-0.15, -0.1) is 0 Å². The van der Waals surface area contributed by atoms with E-state index in [0.29, 0.717) is 35.7 Å². The number of methoxy groups -OCH3 is 2. The third-order valence-corrected chi connectivity index (χ3v) is 4.72. The van der Waals surface area contributed by atoms with Crippen LogP contribution in [0.4, 0.5) is 0 Å². The second kappa shape index (κ2) is 8.60. The highest BCUT2D eigenvalue weighted by Gasteiger charge is 2.17. The van der Waals surface area contributed by atoms with Gasteiger partial charge in [0.1, 0.15) is 5.56 Å². The van der Waals surface area contributed by atoms with Crippen LogP contribution in [0.3, 0.4) is 0 Å². The number of benzene rings is 1. The van der Waals surface area contributed by atoms with Crippen molar-refractivity contribution in [2.75, 3.05) is 20.8 Å². The minimum atomic E-state index is -0.224. The molecule has 0 bridgehead atoms. The SMILES string of the molecule is COc1ccc(-c2ccnc3c(C(=O)NCCc4ccccn4)cnn23)cc1OC. The molecule has 152 valence electrons. The molecular weight excluding hydrogens is 382 g/mol. The first-order chi connectivity index (χ1) is 14.7. The smallest absolute Gasteiger partial charge is 0.256 e. The van der Waals surface area contributed by atoms with Crippen molar-refractivity contribution in [3.63, 3.8) is 0 Å². The summed E-state index contributed by atoms with van der Waals surface area (Å²) in [5.41, 5.74) is 3.47. The maximum atomic E-state index is 12.7. The van der Waals surface area contributed by atoms with E-state index >= 15 is 0 Å². The molecule has 0 saturated heterocycles. The van der Waals surface area contributed by atoms with Crippen LogP contribution in [-0.2, 0) is 6.42 Å². The third kappa shape index (κ3) is 3.80. The van der Waals surface area contributed by atoms with Crippen molar-refractivity contribution in [3.8, 4) is 22.8 Å². The number of hydrogen-bond donors (Lipinski definition) is 1. The van der Waals surface area contributed by atoms with Crippen LogP contribution in [0, 0.1) is 0 Å². The maximum absolute atomic E-state index is 12.7. The number of aromatic nitrogens is 4. The normalized spacial score (nSPS) is 10.7. The molecule has 0 spiro atoms. The molecule has 0 radical (unpaired) electrons. The van der Waals surface area contributed by atoms with E-state index in [2.05, 4.69) is 20.4 Å². The fraction of sp³-hybridized carbons (Fsp3) is 0.182. The highest BCUT2D eigenvalue weighted by Crippen LogP contribution is 2.32. The van der Waals surface area contributed by atoms with Crippen LogP contribution in [0.15, 0.2) is 61.1 Å². The molecule has 0 aliphatic heterocycles. The molecule has 0 unspecified atom stereocenters. The first kappa shape index (κ1) is 19.4. The van der Waals surface area contributed by atoms with Crippen molar-refractivity contribution >= 4 is 11.6 Å². The number of amides is 1. The van der Waals surface area contributed by atoms with E-state index in [1.165, 1.54) is 6.20 Å². The summed E-state index contributed by atoms with van der Waals surface area (Å²) >= 11 is 0.